The molecule has 9 heteroatoms. The van der Waals surface area contributed by atoms with Gasteiger partial charge in [0.25, 0.3) is 11.8 Å². The maximum atomic E-state index is 12.4. The van der Waals surface area contributed by atoms with Crippen LogP contribution in [0.1, 0.15) is 29.3 Å². The molecular formula is C18H19N3O6. The van der Waals surface area contributed by atoms with E-state index in [9.17, 15) is 24.0 Å². The number of urea groups is 1. The summed E-state index contributed by atoms with van der Waals surface area (Å²) in [7, 11) is 0. The third kappa shape index (κ3) is 3.81. The van der Waals surface area contributed by atoms with Crippen LogP contribution in [0.5, 0.6) is 0 Å². The Bertz CT molecular complexity index is 821. The van der Waals surface area contributed by atoms with Crippen molar-refractivity contribution in [2.45, 2.75) is 25.9 Å². The minimum absolute atomic E-state index is 0.0932. The average molecular weight is 373 g/mol. The third-order valence-corrected chi connectivity index (χ3v) is 4.45. The number of carbonyl (C=O) groups excluding carboxylic acids is 5. The van der Waals surface area contributed by atoms with E-state index in [4.69, 9.17) is 4.74 Å². The molecule has 1 atom stereocenters. The van der Waals surface area contributed by atoms with Crippen molar-refractivity contribution in [3.05, 3.63) is 35.4 Å². The molecule has 142 valence electrons. The summed E-state index contributed by atoms with van der Waals surface area (Å²) in [6, 6.07) is 6.30. The van der Waals surface area contributed by atoms with Crippen LogP contribution in [-0.4, -0.2) is 65.3 Å². The molecule has 5 amide bonds. The van der Waals surface area contributed by atoms with E-state index in [-0.39, 0.29) is 31.8 Å². The van der Waals surface area contributed by atoms with E-state index in [2.05, 4.69) is 5.32 Å². The first kappa shape index (κ1) is 18.6. The number of nitrogens with zero attached hydrogens (tertiary/aromatic N) is 2. The van der Waals surface area contributed by atoms with Crippen LogP contribution in [0.25, 0.3) is 0 Å². The molecule has 1 aromatic rings. The van der Waals surface area contributed by atoms with Crippen molar-refractivity contribution in [2.75, 3.05) is 19.6 Å². The number of carbonyl (C=O) groups is 5. The smallest absolute Gasteiger partial charge is 0.324 e. The Balaban J connectivity index is 1.54. The van der Waals surface area contributed by atoms with Gasteiger partial charge >= 0.3 is 12.0 Å². The van der Waals surface area contributed by atoms with Crippen LogP contribution in [0, 0.1) is 0 Å². The number of nitrogens with one attached hydrogen (secondary N) is 1. The minimum atomic E-state index is -1.13. The zero-order chi connectivity index (χ0) is 19.6. The van der Waals surface area contributed by atoms with Gasteiger partial charge in [-0.15, -0.1) is 0 Å². The average Bonchev–Trinajstić information content (AvgIpc) is 3.06. The Hall–Kier alpha value is -3.23. The summed E-state index contributed by atoms with van der Waals surface area (Å²) in [5.41, 5.74) is 1.10. The molecule has 2 aliphatic rings. The van der Waals surface area contributed by atoms with Gasteiger partial charge in [-0.1, -0.05) is 18.2 Å². The molecule has 1 N–H and O–H groups in total. The van der Waals surface area contributed by atoms with E-state index >= 15 is 0 Å². The standard InChI is InChI=1S/C18H19N3O6/c1-11(16(24)21-9-7-19-18(21)26)27-15(23)6-8-20-14(22)10-12-4-2-3-5-13(12)17(20)25/h2-5,11H,6-10H2,1H3,(H,19,26)/t11-/m1/s1. The SMILES string of the molecule is C[C@@H](OC(=O)CCN1C(=O)Cc2ccccc2C1=O)C(=O)N1CCNC1=O. The third-order valence-electron chi connectivity index (χ3n) is 4.45. The maximum Gasteiger partial charge on any atom is 0.324 e. The van der Waals surface area contributed by atoms with Crippen LogP contribution in [0.4, 0.5) is 4.79 Å². The first-order chi connectivity index (χ1) is 12.9. The van der Waals surface area contributed by atoms with Crippen LogP contribution in [0.15, 0.2) is 24.3 Å². The summed E-state index contributed by atoms with van der Waals surface area (Å²) in [6.45, 7) is 1.82. The molecule has 0 radical (unpaired) electrons. The van der Waals surface area contributed by atoms with E-state index in [1.54, 1.807) is 24.3 Å². The molecule has 2 aliphatic heterocycles. The molecule has 1 fully saturated rings. The largest absolute Gasteiger partial charge is 0.452 e. The maximum absolute atomic E-state index is 12.4. The Morgan fingerprint density at radius 3 is 2.67 bits per heavy atom. The van der Waals surface area contributed by atoms with Crippen molar-refractivity contribution in [2.24, 2.45) is 0 Å². The summed E-state index contributed by atoms with van der Waals surface area (Å²) < 4.78 is 5.04. The van der Waals surface area contributed by atoms with Gasteiger partial charge in [-0.2, -0.15) is 0 Å². The summed E-state index contributed by atoms with van der Waals surface area (Å²) in [5, 5.41) is 2.49. The number of fused-ring (bicyclic) bond motifs is 1. The molecule has 1 saturated heterocycles. The van der Waals surface area contributed by atoms with E-state index < -0.39 is 29.9 Å². The number of hydrogen-bond donors (Lipinski definition) is 1. The highest BCUT2D eigenvalue weighted by molar-refractivity contribution is 6.09. The van der Waals surface area contributed by atoms with E-state index in [0.717, 1.165) is 9.80 Å². The van der Waals surface area contributed by atoms with E-state index in [1.807, 2.05) is 0 Å². The van der Waals surface area contributed by atoms with Gasteiger partial charge in [0, 0.05) is 25.2 Å². The van der Waals surface area contributed by atoms with Crippen molar-refractivity contribution in [3.63, 3.8) is 0 Å². The second kappa shape index (κ2) is 7.56. The lowest BCUT2D eigenvalue weighted by Gasteiger charge is -2.26. The zero-order valence-electron chi connectivity index (χ0n) is 14.8. The molecule has 1 aromatic carbocycles. The van der Waals surface area contributed by atoms with Crippen molar-refractivity contribution in [1.29, 1.82) is 0 Å². The number of esters is 1. The quantitative estimate of drug-likeness (QED) is 0.578. The molecule has 0 bridgehead atoms. The van der Waals surface area contributed by atoms with Crippen molar-refractivity contribution < 1.29 is 28.7 Å². The van der Waals surface area contributed by atoms with Crippen molar-refractivity contribution in [1.82, 2.24) is 15.1 Å². The summed E-state index contributed by atoms with van der Waals surface area (Å²) >= 11 is 0. The molecule has 0 spiro atoms. The Labute approximate surface area is 155 Å². The lowest BCUT2D eigenvalue weighted by Crippen LogP contribution is -2.44. The Kier molecular flexibility index (Phi) is 5.20. The number of amides is 5. The van der Waals surface area contributed by atoms with Gasteiger partial charge in [-0.3, -0.25) is 29.0 Å². The number of imide groups is 2. The summed E-state index contributed by atoms with van der Waals surface area (Å²) in [5.74, 6) is -2.18. The van der Waals surface area contributed by atoms with Crippen LogP contribution in [0.2, 0.25) is 0 Å². The fourth-order valence-corrected chi connectivity index (χ4v) is 3.04. The zero-order valence-corrected chi connectivity index (χ0v) is 14.8. The van der Waals surface area contributed by atoms with Crippen molar-refractivity contribution >= 4 is 29.7 Å². The highest BCUT2D eigenvalue weighted by Crippen LogP contribution is 2.19. The minimum Gasteiger partial charge on any atom is -0.452 e. The fraction of sp³-hybridized carbons (Fsp3) is 0.389. The first-order valence-electron chi connectivity index (χ1n) is 8.59. The van der Waals surface area contributed by atoms with Gasteiger partial charge in [-0.05, 0) is 18.6 Å². The predicted molar refractivity (Wildman–Crippen MR) is 91.5 cm³/mol. The number of hydrogen-bond acceptors (Lipinski definition) is 6. The molecule has 27 heavy (non-hydrogen) atoms. The Morgan fingerprint density at radius 2 is 1.96 bits per heavy atom. The normalized spacial score (nSPS) is 17.4. The van der Waals surface area contributed by atoms with Gasteiger partial charge < -0.3 is 10.1 Å². The molecule has 0 aromatic heterocycles. The van der Waals surface area contributed by atoms with Crippen LogP contribution in [-0.2, 0) is 25.5 Å². The lowest BCUT2D eigenvalue weighted by atomic mass is 9.98. The van der Waals surface area contributed by atoms with E-state index in [1.165, 1.54) is 6.92 Å². The van der Waals surface area contributed by atoms with Gasteiger partial charge in [0.2, 0.25) is 5.91 Å². The molecule has 2 heterocycles. The Morgan fingerprint density at radius 1 is 1.22 bits per heavy atom. The van der Waals surface area contributed by atoms with Gasteiger partial charge in [-0.25, -0.2) is 4.79 Å². The number of rotatable bonds is 5. The number of ether oxygens (including phenoxy) is 1. The molecular weight excluding hydrogens is 354 g/mol. The highest BCUT2D eigenvalue weighted by Gasteiger charge is 2.33. The van der Waals surface area contributed by atoms with Gasteiger partial charge in [0.15, 0.2) is 6.10 Å². The van der Waals surface area contributed by atoms with E-state index in [0.29, 0.717) is 17.7 Å². The van der Waals surface area contributed by atoms with Crippen LogP contribution in [0.3, 0.4) is 0 Å². The summed E-state index contributed by atoms with van der Waals surface area (Å²) in [6.07, 6.45) is -1.27. The number of benzene rings is 1. The predicted octanol–water partition coefficient (Wildman–Crippen LogP) is 0.0851. The van der Waals surface area contributed by atoms with Crippen LogP contribution >= 0.6 is 0 Å². The monoisotopic (exact) mass is 373 g/mol. The topological polar surface area (TPSA) is 113 Å². The molecule has 0 saturated carbocycles. The lowest BCUT2D eigenvalue weighted by molar-refractivity contribution is -0.157. The van der Waals surface area contributed by atoms with Crippen molar-refractivity contribution in [3.8, 4) is 0 Å². The molecule has 9 nitrogen and oxygen atoms in total. The highest BCUT2D eigenvalue weighted by atomic mass is 16.5. The second-order valence-corrected chi connectivity index (χ2v) is 6.29. The van der Waals surface area contributed by atoms with Gasteiger partial charge in [0.1, 0.15) is 0 Å². The molecule has 0 unspecified atom stereocenters. The second-order valence-electron chi connectivity index (χ2n) is 6.29. The fourth-order valence-electron chi connectivity index (χ4n) is 3.04. The van der Waals surface area contributed by atoms with Crippen LogP contribution < -0.4 is 5.32 Å². The molecule has 3 rings (SSSR count). The summed E-state index contributed by atoms with van der Waals surface area (Å²) in [4.78, 5) is 62.2. The first-order valence-corrected chi connectivity index (χ1v) is 8.59. The van der Waals surface area contributed by atoms with Gasteiger partial charge in [0.05, 0.1) is 12.8 Å². The molecule has 0 aliphatic carbocycles.